The SMILES string of the molecule is O=[N+]([O-])c1ccc(-n2nnnc2Sc2nc(-c3cc(C(F)(F)F)cc(C(F)(F)F)c3)cs2)s1. The number of hydrogen-bond donors (Lipinski definition) is 0. The monoisotopic (exact) mass is 524 g/mol. The Hall–Kier alpha value is -3.05. The van der Waals surface area contributed by atoms with Crippen LogP contribution in [0.2, 0.25) is 0 Å². The van der Waals surface area contributed by atoms with Crippen molar-refractivity contribution in [2.45, 2.75) is 21.8 Å². The molecule has 172 valence electrons. The van der Waals surface area contributed by atoms with Gasteiger partial charge in [-0.1, -0.05) is 0 Å². The zero-order valence-corrected chi connectivity index (χ0v) is 17.9. The zero-order chi connectivity index (χ0) is 24.0. The number of halogens is 6. The topological polar surface area (TPSA) is 99.6 Å². The number of nitrogens with zero attached hydrogens (tertiary/aromatic N) is 6. The number of rotatable bonds is 5. The lowest BCUT2D eigenvalue weighted by atomic mass is 10.0. The van der Waals surface area contributed by atoms with Gasteiger partial charge in [0, 0.05) is 17.0 Å². The minimum Gasteiger partial charge on any atom is -0.258 e. The minimum absolute atomic E-state index is 0.0416. The van der Waals surface area contributed by atoms with Crippen molar-refractivity contribution in [3.8, 4) is 16.3 Å². The van der Waals surface area contributed by atoms with E-state index in [1.54, 1.807) is 0 Å². The van der Waals surface area contributed by atoms with Crippen molar-refractivity contribution in [1.29, 1.82) is 0 Å². The van der Waals surface area contributed by atoms with Gasteiger partial charge in [0.2, 0.25) is 5.16 Å². The summed E-state index contributed by atoms with van der Waals surface area (Å²) >= 11 is 2.67. The molecular formula is C16H6F6N6O2S3. The highest BCUT2D eigenvalue weighted by molar-refractivity contribution is 8.00. The Kier molecular flexibility index (Phi) is 5.87. The summed E-state index contributed by atoms with van der Waals surface area (Å²) in [4.78, 5) is 14.4. The van der Waals surface area contributed by atoms with Crippen LogP contribution in [0, 0.1) is 10.1 Å². The molecule has 33 heavy (non-hydrogen) atoms. The van der Waals surface area contributed by atoms with E-state index >= 15 is 0 Å². The van der Waals surface area contributed by atoms with Gasteiger partial charge < -0.3 is 0 Å². The van der Waals surface area contributed by atoms with E-state index in [2.05, 4.69) is 20.5 Å². The highest BCUT2D eigenvalue weighted by atomic mass is 32.2. The van der Waals surface area contributed by atoms with Gasteiger partial charge in [-0.3, -0.25) is 10.1 Å². The molecule has 0 N–H and O–H groups in total. The Bertz CT molecular complexity index is 1300. The van der Waals surface area contributed by atoms with Gasteiger partial charge in [-0.05, 0) is 57.8 Å². The molecule has 3 heterocycles. The molecule has 3 aromatic heterocycles. The maximum absolute atomic E-state index is 13.1. The van der Waals surface area contributed by atoms with Crippen LogP contribution in [0.25, 0.3) is 16.3 Å². The van der Waals surface area contributed by atoms with Crippen molar-refractivity contribution < 1.29 is 31.3 Å². The third-order valence-corrected chi connectivity index (χ3v) is 6.84. The van der Waals surface area contributed by atoms with E-state index < -0.39 is 28.4 Å². The van der Waals surface area contributed by atoms with Crippen LogP contribution in [0.3, 0.4) is 0 Å². The van der Waals surface area contributed by atoms with Crippen LogP contribution in [-0.2, 0) is 12.4 Å². The van der Waals surface area contributed by atoms with E-state index in [4.69, 9.17) is 0 Å². The molecule has 17 heteroatoms. The number of tetrazole rings is 1. The molecule has 0 atom stereocenters. The molecule has 0 bridgehead atoms. The van der Waals surface area contributed by atoms with Crippen molar-refractivity contribution in [3.05, 3.63) is 57.0 Å². The standard InChI is InChI=1S/C16H6F6N6O2S3/c17-15(18,19)8-3-7(4-9(5-8)16(20,21)22)10-6-31-14(23-10)33-13-24-25-26-27(13)11-1-2-12(32-11)28(29)30/h1-6H. The highest BCUT2D eigenvalue weighted by Gasteiger charge is 2.37. The first-order chi connectivity index (χ1) is 15.4. The number of thiophene rings is 1. The summed E-state index contributed by atoms with van der Waals surface area (Å²) in [6, 6.07) is 3.92. The first kappa shape index (κ1) is 23.1. The third-order valence-electron chi connectivity index (χ3n) is 3.95. The zero-order valence-electron chi connectivity index (χ0n) is 15.5. The van der Waals surface area contributed by atoms with Crippen LogP contribution >= 0.6 is 34.4 Å². The summed E-state index contributed by atoms with van der Waals surface area (Å²) in [5, 5.41) is 23.5. The van der Waals surface area contributed by atoms with Crippen molar-refractivity contribution in [3.63, 3.8) is 0 Å². The Morgan fingerprint density at radius 2 is 1.70 bits per heavy atom. The van der Waals surface area contributed by atoms with Crippen molar-refractivity contribution >= 4 is 39.4 Å². The normalized spacial score (nSPS) is 12.3. The lowest BCUT2D eigenvalue weighted by Crippen LogP contribution is -2.11. The molecule has 0 saturated carbocycles. The molecule has 0 unspecified atom stereocenters. The lowest BCUT2D eigenvalue weighted by Gasteiger charge is -2.13. The summed E-state index contributed by atoms with van der Waals surface area (Å²) in [7, 11) is 0. The second-order valence-corrected chi connectivity index (χ2v) is 9.25. The van der Waals surface area contributed by atoms with Gasteiger partial charge in [0.15, 0.2) is 4.34 Å². The molecule has 4 rings (SSSR count). The Morgan fingerprint density at radius 3 is 2.27 bits per heavy atom. The largest absolute Gasteiger partial charge is 0.416 e. The molecule has 0 amide bonds. The van der Waals surface area contributed by atoms with Crippen LogP contribution in [-0.4, -0.2) is 30.1 Å². The van der Waals surface area contributed by atoms with E-state index in [0.29, 0.717) is 17.1 Å². The van der Waals surface area contributed by atoms with Crippen molar-refractivity contribution in [2.24, 2.45) is 0 Å². The van der Waals surface area contributed by atoms with E-state index in [1.807, 2.05) is 0 Å². The fourth-order valence-corrected chi connectivity index (χ4v) is 5.07. The van der Waals surface area contributed by atoms with Crippen LogP contribution in [0.5, 0.6) is 0 Å². The molecule has 1 aromatic carbocycles. The molecule has 0 aliphatic rings. The fraction of sp³-hybridized carbons (Fsp3) is 0.125. The number of hydrogen-bond acceptors (Lipinski definition) is 9. The first-order valence-electron chi connectivity index (χ1n) is 8.38. The second kappa shape index (κ2) is 8.38. The number of benzene rings is 1. The maximum atomic E-state index is 13.1. The number of aromatic nitrogens is 5. The molecule has 0 fully saturated rings. The molecule has 0 aliphatic heterocycles. The Morgan fingerprint density at radius 1 is 1.03 bits per heavy atom. The summed E-state index contributed by atoms with van der Waals surface area (Å²) in [5.41, 5.74) is -3.34. The van der Waals surface area contributed by atoms with Crippen molar-refractivity contribution in [1.82, 2.24) is 25.2 Å². The molecule has 0 aliphatic carbocycles. The first-order valence-corrected chi connectivity index (χ1v) is 10.9. The predicted molar refractivity (Wildman–Crippen MR) is 105 cm³/mol. The summed E-state index contributed by atoms with van der Waals surface area (Å²) in [5.74, 6) is 0. The van der Waals surface area contributed by atoms with Gasteiger partial charge in [-0.15, -0.1) is 16.4 Å². The van der Waals surface area contributed by atoms with Gasteiger partial charge >= 0.3 is 17.4 Å². The van der Waals surface area contributed by atoms with E-state index in [-0.39, 0.29) is 31.8 Å². The average Bonchev–Trinajstić information content (AvgIpc) is 3.47. The van der Waals surface area contributed by atoms with Gasteiger partial charge in [-0.2, -0.15) is 31.0 Å². The molecule has 0 saturated heterocycles. The number of thiazole rings is 1. The average molecular weight is 524 g/mol. The maximum Gasteiger partial charge on any atom is 0.416 e. The van der Waals surface area contributed by atoms with Crippen molar-refractivity contribution in [2.75, 3.05) is 0 Å². The number of alkyl halides is 6. The van der Waals surface area contributed by atoms with Crippen LogP contribution in [0.15, 0.2) is 45.2 Å². The molecular weight excluding hydrogens is 518 g/mol. The van der Waals surface area contributed by atoms with E-state index in [1.165, 1.54) is 22.2 Å². The van der Waals surface area contributed by atoms with Gasteiger partial charge in [0.25, 0.3) is 0 Å². The van der Waals surface area contributed by atoms with Crippen LogP contribution in [0.1, 0.15) is 11.1 Å². The summed E-state index contributed by atoms with van der Waals surface area (Å²) < 4.78 is 80.1. The Labute approximate surface area is 191 Å². The summed E-state index contributed by atoms with van der Waals surface area (Å²) in [6.07, 6.45) is -9.95. The quantitative estimate of drug-likeness (QED) is 0.181. The molecule has 0 radical (unpaired) electrons. The molecule has 0 spiro atoms. The lowest BCUT2D eigenvalue weighted by molar-refractivity contribution is -0.380. The van der Waals surface area contributed by atoms with Crippen LogP contribution < -0.4 is 0 Å². The fourth-order valence-electron chi connectivity index (χ4n) is 2.53. The van der Waals surface area contributed by atoms with Gasteiger partial charge in [0.1, 0.15) is 5.00 Å². The van der Waals surface area contributed by atoms with E-state index in [9.17, 15) is 36.5 Å². The summed E-state index contributed by atoms with van der Waals surface area (Å²) in [6.45, 7) is 0. The van der Waals surface area contributed by atoms with Crippen LogP contribution in [0.4, 0.5) is 31.3 Å². The van der Waals surface area contributed by atoms with Gasteiger partial charge in [-0.25, -0.2) is 4.98 Å². The molecule has 8 nitrogen and oxygen atoms in total. The number of nitro groups is 1. The second-order valence-electron chi connectivity index (χ2n) is 6.14. The van der Waals surface area contributed by atoms with E-state index in [0.717, 1.165) is 34.4 Å². The Balaban J connectivity index is 1.65. The third kappa shape index (κ3) is 4.98. The predicted octanol–water partition coefficient (Wildman–Crippen LogP) is 5.94. The van der Waals surface area contributed by atoms with Gasteiger partial charge in [0.05, 0.1) is 21.7 Å². The minimum atomic E-state index is -4.98. The highest BCUT2D eigenvalue weighted by Crippen LogP contribution is 2.40. The smallest absolute Gasteiger partial charge is 0.258 e. The molecule has 4 aromatic rings.